The number of hydrogen-bond acceptors (Lipinski definition) is 2. The minimum absolute atomic E-state index is 0.825. The lowest BCUT2D eigenvalue weighted by Gasteiger charge is -2.06. The summed E-state index contributed by atoms with van der Waals surface area (Å²) in [4.78, 5) is 8.73. The molecule has 2 aromatic rings. The lowest BCUT2D eigenvalue weighted by Crippen LogP contribution is -1.96. The second kappa shape index (κ2) is 4.22. The van der Waals surface area contributed by atoms with Crippen LogP contribution in [-0.2, 0) is 6.42 Å². The van der Waals surface area contributed by atoms with Gasteiger partial charge in [0.1, 0.15) is 5.82 Å². The van der Waals surface area contributed by atoms with Crippen LogP contribution in [0, 0.1) is 6.92 Å². The van der Waals surface area contributed by atoms with Crippen LogP contribution in [0.3, 0.4) is 0 Å². The van der Waals surface area contributed by atoms with E-state index >= 15 is 0 Å². The number of aromatic nitrogens is 2. The smallest absolute Gasteiger partial charge is 0.125 e. The molecule has 2 rings (SSSR count). The van der Waals surface area contributed by atoms with E-state index in [2.05, 4.69) is 29.0 Å². The molecule has 2 heteroatoms. The van der Waals surface area contributed by atoms with E-state index in [9.17, 15) is 0 Å². The highest BCUT2D eigenvalue weighted by Crippen LogP contribution is 2.20. The van der Waals surface area contributed by atoms with Gasteiger partial charge in [-0.05, 0) is 18.9 Å². The van der Waals surface area contributed by atoms with Gasteiger partial charge in [-0.25, -0.2) is 9.97 Å². The van der Waals surface area contributed by atoms with Crippen LogP contribution >= 0.6 is 0 Å². The van der Waals surface area contributed by atoms with Gasteiger partial charge in [0.05, 0.1) is 5.69 Å². The number of rotatable bonds is 2. The fourth-order valence-corrected chi connectivity index (χ4v) is 1.60. The van der Waals surface area contributed by atoms with Crippen molar-refractivity contribution in [3.05, 3.63) is 47.9 Å². The summed E-state index contributed by atoms with van der Waals surface area (Å²) in [5.41, 5.74) is 3.43. The maximum Gasteiger partial charge on any atom is 0.125 e. The Kier molecular flexibility index (Phi) is 2.77. The second-order valence-electron chi connectivity index (χ2n) is 3.51. The lowest BCUT2D eigenvalue weighted by molar-refractivity contribution is 0.996. The van der Waals surface area contributed by atoms with E-state index in [1.807, 2.05) is 31.3 Å². The standard InChI is InChI=1S/C13H14N2/c1-3-11-9-14-10(2)15-13(11)12-7-5-4-6-8-12/h4-9H,3H2,1-2H3. The van der Waals surface area contributed by atoms with Gasteiger partial charge in [0, 0.05) is 11.8 Å². The van der Waals surface area contributed by atoms with Gasteiger partial charge in [0.2, 0.25) is 0 Å². The van der Waals surface area contributed by atoms with Crippen molar-refractivity contribution in [3.63, 3.8) is 0 Å². The highest BCUT2D eigenvalue weighted by Gasteiger charge is 2.05. The number of nitrogens with zero attached hydrogens (tertiary/aromatic N) is 2. The Morgan fingerprint density at radius 1 is 1.13 bits per heavy atom. The van der Waals surface area contributed by atoms with Crippen LogP contribution < -0.4 is 0 Å². The molecule has 0 saturated carbocycles. The summed E-state index contributed by atoms with van der Waals surface area (Å²) in [6.07, 6.45) is 2.88. The average Bonchev–Trinajstić information content (AvgIpc) is 2.30. The second-order valence-corrected chi connectivity index (χ2v) is 3.51. The summed E-state index contributed by atoms with van der Waals surface area (Å²) in [5.74, 6) is 0.825. The quantitative estimate of drug-likeness (QED) is 0.741. The maximum absolute atomic E-state index is 4.50. The Morgan fingerprint density at radius 2 is 1.87 bits per heavy atom. The molecule has 0 N–H and O–H groups in total. The first-order chi connectivity index (χ1) is 7.31. The van der Waals surface area contributed by atoms with Crippen molar-refractivity contribution in [2.24, 2.45) is 0 Å². The molecule has 2 nitrogen and oxygen atoms in total. The molecular weight excluding hydrogens is 184 g/mol. The molecule has 0 amide bonds. The van der Waals surface area contributed by atoms with E-state index in [1.165, 1.54) is 11.1 Å². The Morgan fingerprint density at radius 3 is 2.53 bits per heavy atom. The van der Waals surface area contributed by atoms with Crippen LogP contribution in [-0.4, -0.2) is 9.97 Å². The molecule has 0 unspecified atom stereocenters. The van der Waals surface area contributed by atoms with E-state index in [-0.39, 0.29) is 0 Å². The summed E-state index contributed by atoms with van der Waals surface area (Å²) in [6, 6.07) is 10.3. The summed E-state index contributed by atoms with van der Waals surface area (Å²) in [7, 11) is 0. The van der Waals surface area contributed by atoms with Gasteiger partial charge in [-0.3, -0.25) is 0 Å². The van der Waals surface area contributed by atoms with Gasteiger partial charge < -0.3 is 0 Å². The minimum atomic E-state index is 0.825. The predicted octanol–water partition coefficient (Wildman–Crippen LogP) is 3.01. The predicted molar refractivity (Wildman–Crippen MR) is 61.6 cm³/mol. The highest BCUT2D eigenvalue weighted by atomic mass is 14.9. The molecule has 0 radical (unpaired) electrons. The molecule has 0 atom stereocenters. The molecule has 0 bridgehead atoms. The largest absolute Gasteiger partial charge is 0.241 e. The van der Waals surface area contributed by atoms with Gasteiger partial charge in [-0.1, -0.05) is 37.3 Å². The number of benzene rings is 1. The zero-order chi connectivity index (χ0) is 10.7. The molecule has 0 aliphatic carbocycles. The Bertz CT molecular complexity index is 449. The molecule has 1 aromatic heterocycles. The van der Waals surface area contributed by atoms with Gasteiger partial charge in [0.15, 0.2) is 0 Å². The van der Waals surface area contributed by atoms with Crippen LogP contribution in [0.5, 0.6) is 0 Å². The first-order valence-electron chi connectivity index (χ1n) is 5.19. The number of aryl methyl sites for hydroxylation is 2. The molecule has 1 heterocycles. The SMILES string of the molecule is CCc1cnc(C)nc1-c1ccccc1. The molecule has 0 fully saturated rings. The van der Waals surface area contributed by atoms with Crippen LogP contribution in [0.1, 0.15) is 18.3 Å². The molecular formula is C13H14N2. The number of hydrogen-bond donors (Lipinski definition) is 0. The van der Waals surface area contributed by atoms with Gasteiger partial charge >= 0.3 is 0 Å². The normalized spacial score (nSPS) is 10.3. The van der Waals surface area contributed by atoms with Crippen LogP contribution in [0.4, 0.5) is 0 Å². The Hall–Kier alpha value is -1.70. The average molecular weight is 198 g/mol. The van der Waals surface area contributed by atoms with Crippen molar-refractivity contribution >= 4 is 0 Å². The fourth-order valence-electron chi connectivity index (χ4n) is 1.60. The van der Waals surface area contributed by atoms with Gasteiger partial charge in [-0.2, -0.15) is 0 Å². The molecule has 0 saturated heterocycles. The van der Waals surface area contributed by atoms with Crippen molar-refractivity contribution in [1.82, 2.24) is 9.97 Å². The molecule has 0 aliphatic heterocycles. The van der Waals surface area contributed by atoms with Crippen molar-refractivity contribution in [3.8, 4) is 11.3 Å². The van der Waals surface area contributed by atoms with Crippen molar-refractivity contribution in [1.29, 1.82) is 0 Å². The topological polar surface area (TPSA) is 25.8 Å². The molecule has 15 heavy (non-hydrogen) atoms. The van der Waals surface area contributed by atoms with Crippen LogP contribution in [0.2, 0.25) is 0 Å². The Balaban J connectivity index is 2.56. The van der Waals surface area contributed by atoms with Crippen molar-refractivity contribution in [2.45, 2.75) is 20.3 Å². The van der Waals surface area contributed by atoms with E-state index in [1.54, 1.807) is 0 Å². The van der Waals surface area contributed by atoms with E-state index in [0.717, 1.165) is 17.9 Å². The zero-order valence-electron chi connectivity index (χ0n) is 9.07. The molecule has 0 aliphatic rings. The fraction of sp³-hybridized carbons (Fsp3) is 0.231. The highest BCUT2D eigenvalue weighted by molar-refractivity contribution is 5.62. The summed E-state index contributed by atoms with van der Waals surface area (Å²) < 4.78 is 0. The maximum atomic E-state index is 4.50. The molecule has 0 spiro atoms. The van der Waals surface area contributed by atoms with E-state index < -0.39 is 0 Å². The molecule has 1 aromatic carbocycles. The van der Waals surface area contributed by atoms with Gasteiger partial charge in [-0.15, -0.1) is 0 Å². The zero-order valence-corrected chi connectivity index (χ0v) is 9.07. The minimum Gasteiger partial charge on any atom is -0.241 e. The van der Waals surface area contributed by atoms with Crippen molar-refractivity contribution in [2.75, 3.05) is 0 Å². The third kappa shape index (κ3) is 2.04. The van der Waals surface area contributed by atoms with E-state index in [0.29, 0.717) is 0 Å². The van der Waals surface area contributed by atoms with Gasteiger partial charge in [0.25, 0.3) is 0 Å². The summed E-state index contributed by atoms with van der Waals surface area (Å²) >= 11 is 0. The Labute approximate surface area is 90.0 Å². The van der Waals surface area contributed by atoms with Crippen LogP contribution in [0.25, 0.3) is 11.3 Å². The van der Waals surface area contributed by atoms with E-state index in [4.69, 9.17) is 0 Å². The van der Waals surface area contributed by atoms with Crippen LogP contribution in [0.15, 0.2) is 36.5 Å². The third-order valence-corrected chi connectivity index (χ3v) is 2.41. The summed E-state index contributed by atoms with van der Waals surface area (Å²) in [5, 5.41) is 0. The lowest BCUT2D eigenvalue weighted by atomic mass is 10.1. The summed E-state index contributed by atoms with van der Waals surface area (Å²) in [6.45, 7) is 4.05. The molecule has 76 valence electrons. The monoisotopic (exact) mass is 198 g/mol. The van der Waals surface area contributed by atoms with Crippen molar-refractivity contribution < 1.29 is 0 Å². The first-order valence-corrected chi connectivity index (χ1v) is 5.19. The first kappa shape index (κ1) is 9.84. The third-order valence-electron chi connectivity index (χ3n) is 2.41.